The number of nitrogens with one attached hydrogen (secondary N) is 1. The first kappa shape index (κ1) is 15.6. The van der Waals surface area contributed by atoms with Crippen LogP contribution < -0.4 is 10.1 Å². The van der Waals surface area contributed by atoms with Gasteiger partial charge >= 0.3 is 0 Å². The van der Waals surface area contributed by atoms with Crippen LogP contribution in [0.5, 0.6) is 5.75 Å². The van der Waals surface area contributed by atoms with Crippen LogP contribution in [-0.4, -0.2) is 6.10 Å². The fourth-order valence-corrected chi connectivity index (χ4v) is 2.38. The van der Waals surface area contributed by atoms with Crippen LogP contribution in [-0.2, 0) is 6.54 Å². The Hall–Kier alpha value is -1.80. The number of hydrogen-bond acceptors (Lipinski definition) is 2. The van der Waals surface area contributed by atoms with E-state index in [0.29, 0.717) is 0 Å². The monoisotopic (exact) mass is 283 g/mol. The molecule has 21 heavy (non-hydrogen) atoms. The minimum atomic E-state index is 0.190. The minimum Gasteiger partial charge on any atom is -0.491 e. The van der Waals surface area contributed by atoms with E-state index < -0.39 is 0 Å². The molecule has 1 atom stereocenters. The summed E-state index contributed by atoms with van der Waals surface area (Å²) >= 11 is 0. The number of ether oxygens (including phenoxy) is 1. The topological polar surface area (TPSA) is 21.3 Å². The number of para-hydroxylation sites is 1. The Morgan fingerprint density at radius 3 is 2.33 bits per heavy atom. The van der Waals surface area contributed by atoms with E-state index in [4.69, 9.17) is 4.74 Å². The highest BCUT2D eigenvalue weighted by atomic mass is 16.5. The maximum absolute atomic E-state index is 5.90. The van der Waals surface area contributed by atoms with Crippen molar-refractivity contribution in [1.82, 2.24) is 5.32 Å². The summed E-state index contributed by atoms with van der Waals surface area (Å²) < 4.78 is 5.90. The van der Waals surface area contributed by atoms with Crippen LogP contribution in [0.2, 0.25) is 0 Å². The van der Waals surface area contributed by atoms with Crippen molar-refractivity contribution in [2.45, 2.75) is 46.4 Å². The maximum atomic E-state index is 5.90. The number of aryl methyl sites for hydroxylation is 1. The molecule has 2 heteroatoms. The molecule has 2 aromatic carbocycles. The zero-order valence-electron chi connectivity index (χ0n) is 13.4. The Morgan fingerprint density at radius 2 is 1.62 bits per heavy atom. The lowest BCUT2D eigenvalue weighted by Crippen LogP contribution is -2.20. The third-order valence-electron chi connectivity index (χ3n) is 3.61. The predicted molar refractivity (Wildman–Crippen MR) is 88.6 cm³/mol. The highest BCUT2D eigenvalue weighted by Gasteiger charge is 2.12. The number of hydrogen-bond donors (Lipinski definition) is 1. The second kappa shape index (κ2) is 7.28. The highest BCUT2D eigenvalue weighted by Crippen LogP contribution is 2.26. The molecule has 0 aromatic heterocycles. The van der Waals surface area contributed by atoms with Gasteiger partial charge in [0.25, 0.3) is 0 Å². The quantitative estimate of drug-likeness (QED) is 0.834. The van der Waals surface area contributed by atoms with Gasteiger partial charge in [-0.2, -0.15) is 0 Å². The van der Waals surface area contributed by atoms with E-state index in [1.54, 1.807) is 0 Å². The van der Waals surface area contributed by atoms with Crippen molar-refractivity contribution in [3.05, 3.63) is 65.2 Å². The standard InChI is InChI=1S/C19H25NO/c1-14(2)21-19-12-8-7-11-18(19)16(4)20-13-17-10-6-5-9-15(17)3/h5-12,14,16,20H,13H2,1-4H3. The summed E-state index contributed by atoms with van der Waals surface area (Å²) in [6.07, 6.45) is 0.190. The van der Waals surface area contributed by atoms with Crippen LogP contribution in [0.15, 0.2) is 48.5 Å². The molecule has 0 amide bonds. The summed E-state index contributed by atoms with van der Waals surface area (Å²) in [6, 6.07) is 17.0. The van der Waals surface area contributed by atoms with Crippen molar-refractivity contribution in [3.63, 3.8) is 0 Å². The molecule has 0 aliphatic heterocycles. The zero-order chi connectivity index (χ0) is 15.2. The van der Waals surface area contributed by atoms with Gasteiger partial charge in [0.05, 0.1) is 6.10 Å². The van der Waals surface area contributed by atoms with Gasteiger partial charge in [0.2, 0.25) is 0 Å². The first-order chi connectivity index (χ1) is 10.1. The van der Waals surface area contributed by atoms with Crippen molar-refractivity contribution in [3.8, 4) is 5.75 Å². The Kier molecular flexibility index (Phi) is 5.40. The molecule has 1 unspecified atom stereocenters. The molecular formula is C19H25NO. The SMILES string of the molecule is Cc1ccccc1CNC(C)c1ccccc1OC(C)C. The summed E-state index contributed by atoms with van der Waals surface area (Å²) in [5.41, 5.74) is 3.87. The Labute approximate surface area is 128 Å². The van der Waals surface area contributed by atoms with Gasteiger partial charge in [-0.25, -0.2) is 0 Å². The molecule has 0 aliphatic carbocycles. The molecule has 2 rings (SSSR count). The molecule has 0 spiro atoms. The molecule has 112 valence electrons. The van der Waals surface area contributed by atoms with Gasteiger partial charge in [-0.05, 0) is 44.9 Å². The van der Waals surface area contributed by atoms with E-state index in [0.717, 1.165) is 12.3 Å². The lowest BCUT2D eigenvalue weighted by molar-refractivity contribution is 0.238. The largest absolute Gasteiger partial charge is 0.491 e. The smallest absolute Gasteiger partial charge is 0.124 e. The van der Waals surface area contributed by atoms with E-state index in [2.05, 4.69) is 69.4 Å². The number of benzene rings is 2. The summed E-state index contributed by atoms with van der Waals surface area (Å²) in [5.74, 6) is 0.970. The lowest BCUT2D eigenvalue weighted by atomic mass is 10.1. The molecule has 2 nitrogen and oxygen atoms in total. The van der Waals surface area contributed by atoms with Gasteiger partial charge in [-0.3, -0.25) is 0 Å². The van der Waals surface area contributed by atoms with Gasteiger partial charge in [-0.15, -0.1) is 0 Å². The summed E-state index contributed by atoms with van der Waals surface area (Å²) in [6.45, 7) is 9.31. The highest BCUT2D eigenvalue weighted by molar-refractivity contribution is 5.36. The van der Waals surface area contributed by atoms with Crippen LogP contribution in [0.1, 0.15) is 43.5 Å². The predicted octanol–water partition coefficient (Wildman–Crippen LogP) is 4.63. The maximum Gasteiger partial charge on any atom is 0.124 e. The van der Waals surface area contributed by atoms with Crippen molar-refractivity contribution < 1.29 is 4.74 Å². The summed E-state index contributed by atoms with van der Waals surface area (Å²) in [7, 11) is 0. The van der Waals surface area contributed by atoms with E-state index in [1.807, 2.05) is 12.1 Å². The molecule has 0 heterocycles. The average molecular weight is 283 g/mol. The normalized spacial score (nSPS) is 12.4. The molecule has 0 fully saturated rings. The second-order valence-corrected chi connectivity index (χ2v) is 5.73. The molecule has 0 saturated carbocycles. The number of rotatable bonds is 6. The lowest BCUT2D eigenvalue weighted by Gasteiger charge is -2.20. The van der Waals surface area contributed by atoms with Crippen LogP contribution >= 0.6 is 0 Å². The molecule has 0 aliphatic rings. The van der Waals surface area contributed by atoms with Gasteiger partial charge < -0.3 is 10.1 Å². The minimum absolute atomic E-state index is 0.190. The Morgan fingerprint density at radius 1 is 0.952 bits per heavy atom. The van der Waals surface area contributed by atoms with Crippen LogP contribution in [0.4, 0.5) is 0 Å². The van der Waals surface area contributed by atoms with E-state index in [9.17, 15) is 0 Å². The summed E-state index contributed by atoms with van der Waals surface area (Å²) in [5, 5.41) is 3.59. The van der Waals surface area contributed by atoms with Gasteiger partial charge in [-0.1, -0.05) is 42.5 Å². The van der Waals surface area contributed by atoms with Crippen molar-refractivity contribution in [1.29, 1.82) is 0 Å². The van der Waals surface area contributed by atoms with E-state index in [1.165, 1.54) is 16.7 Å². The second-order valence-electron chi connectivity index (χ2n) is 5.73. The van der Waals surface area contributed by atoms with Crippen molar-refractivity contribution in [2.75, 3.05) is 0 Å². The van der Waals surface area contributed by atoms with Crippen molar-refractivity contribution in [2.24, 2.45) is 0 Å². The zero-order valence-corrected chi connectivity index (χ0v) is 13.4. The van der Waals surface area contributed by atoms with Gasteiger partial charge in [0, 0.05) is 18.2 Å². The molecule has 2 aromatic rings. The fourth-order valence-electron chi connectivity index (χ4n) is 2.38. The van der Waals surface area contributed by atoms with E-state index >= 15 is 0 Å². The fraction of sp³-hybridized carbons (Fsp3) is 0.368. The molecule has 0 saturated heterocycles. The Bertz CT molecular complexity index is 577. The molecule has 0 bridgehead atoms. The molecular weight excluding hydrogens is 258 g/mol. The van der Waals surface area contributed by atoms with Crippen LogP contribution in [0.25, 0.3) is 0 Å². The third-order valence-corrected chi connectivity index (χ3v) is 3.61. The first-order valence-corrected chi connectivity index (χ1v) is 7.61. The average Bonchev–Trinajstić information content (AvgIpc) is 2.46. The first-order valence-electron chi connectivity index (χ1n) is 7.61. The summed E-state index contributed by atoms with van der Waals surface area (Å²) in [4.78, 5) is 0. The van der Waals surface area contributed by atoms with Crippen LogP contribution in [0.3, 0.4) is 0 Å². The Balaban J connectivity index is 2.07. The van der Waals surface area contributed by atoms with Crippen molar-refractivity contribution >= 4 is 0 Å². The third kappa shape index (κ3) is 4.33. The van der Waals surface area contributed by atoms with E-state index in [-0.39, 0.29) is 12.1 Å². The molecule has 0 radical (unpaired) electrons. The molecule has 1 N–H and O–H groups in total. The van der Waals surface area contributed by atoms with Gasteiger partial charge in [0.15, 0.2) is 0 Å². The van der Waals surface area contributed by atoms with Gasteiger partial charge in [0.1, 0.15) is 5.75 Å². The van der Waals surface area contributed by atoms with Crippen LogP contribution in [0, 0.1) is 6.92 Å².